The molecule has 1 aromatic carbocycles. The summed E-state index contributed by atoms with van der Waals surface area (Å²) in [6.07, 6.45) is 0. The van der Waals surface area contributed by atoms with Gasteiger partial charge in [0.1, 0.15) is 4.88 Å². The molecule has 0 aliphatic rings. The Kier molecular flexibility index (Phi) is 4.09. The lowest BCUT2D eigenvalue weighted by atomic mass is 10.2. The first-order valence-corrected chi connectivity index (χ1v) is 7.44. The highest BCUT2D eigenvalue weighted by Crippen LogP contribution is 2.29. The first-order chi connectivity index (χ1) is 8.58. The van der Waals surface area contributed by atoms with Crippen molar-refractivity contribution >= 4 is 29.1 Å². The largest absolute Gasteiger partial charge is 0.477 e. The highest BCUT2D eigenvalue weighted by molar-refractivity contribution is 7.98. The van der Waals surface area contributed by atoms with Crippen LogP contribution in [-0.2, 0) is 5.75 Å². The van der Waals surface area contributed by atoms with Crippen molar-refractivity contribution in [1.29, 1.82) is 0 Å². The van der Waals surface area contributed by atoms with E-state index in [1.165, 1.54) is 27.4 Å². The Morgan fingerprint density at radius 1 is 1.33 bits per heavy atom. The molecular formula is C14H14O2S2. The first-order valence-electron chi connectivity index (χ1n) is 5.57. The summed E-state index contributed by atoms with van der Waals surface area (Å²) in [7, 11) is 0. The van der Waals surface area contributed by atoms with Gasteiger partial charge < -0.3 is 5.11 Å². The molecule has 0 unspecified atom stereocenters. The fourth-order valence-electron chi connectivity index (χ4n) is 1.75. The van der Waals surface area contributed by atoms with Crippen LogP contribution in [0, 0.1) is 13.8 Å². The number of carbonyl (C=O) groups is 1. The third kappa shape index (κ3) is 2.94. The van der Waals surface area contributed by atoms with E-state index in [-0.39, 0.29) is 0 Å². The van der Waals surface area contributed by atoms with Gasteiger partial charge in [0.15, 0.2) is 0 Å². The monoisotopic (exact) mass is 278 g/mol. The number of thiophene rings is 1. The highest BCUT2D eigenvalue weighted by Gasteiger charge is 2.12. The standard InChI is InChI=1S/C14H14O2S2/c1-9-3-4-12(10(2)7-9)18-8-11-5-6-17-13(11)14(15)16/h3-7H,8H2,1-2H3,(H,15,16). The maximum absolute atomic E-state index is 11.0. The van der Waals surface area contributed by atoms with E-state index >= 15 is 0 Å². The van der Waals surface area contributed by atoms with Crippen LogP contribution in [0.25, 0.3) is 0 Å². The second-order valence-corrected chi connectivity index (χ2v) is 6.07. The molecule has 0 spiro atoms. The van der Waals surface area contributed by atoms with Crippen molar-refractivity contribution in [3.63, 3.8) is 0 Å². The summed E-state index contributed by atoms with van der Waals surface area (Å²) >= 11 is 2.97. The second-order valence-electron chi connectivity index (χ2n) is 4.14. The van der Waals surface area contributed by atoms with Gasteiger partial charge in [-0.1, -0.05) is 17.7 Å². The Hall–Kier alpha value is -1.26. The number of benzene rings is 1. The predicted molar refractivity (Wildman–Crippen MR) is 76.8 cm³/mol. The van der Waals surface area contributed by atoms with Gasteiger partial charge in [0.25, 0.3) is 0 Å². The quantitative estimate of drug-likeness (QED) is 0.845. The number of hydrogen-bond donors (Lipinski definition) is 1. The molecule has 0 amide bonds. The van der Waals surface area contributed by atoms with Gasteiger partial charge in [-0.05, 0) is 42.5 Å². The number of carboxylic acid groups (broad SMARTS) is 1. The molecule has 0 fully saturated rings. The molecule has 1 aromatic heterocycles. The van der Waals surface area contributed by atoms with Gasteiger partial charge in [-0.15, -0.1) is 23.1 Å². The molecule has 4 heteroatoms. The highest BCUT2D eigenvalue weighted by atomic mass is 32.2. The SMILES string of the molecule is Cc1ccc(SCc2ccsc2C(=O)O)c(C)c1. The minimum Gasteiger partial charge on any atom is -0.477 e. The number of aryl methyl sites for hydroxylation is 2. The van der Waals surface area contributed by atoms with Crippen molar-refractivity contribution in [2.24, 2.45) is 0 Å². The van der Waals surface area contributed by atoms with Gasteiger partial charge in [0, 0.05) is 10.6 Å². The molecule has 0 saturated carbocycles. The zero-order valence-corrected chi connectivity index (χ0v) is 11.9. The van der Waals surface area contributed by atoms with E-state index in [9.17, 15) is 4.79 Å². The fourth-order valence-corrected chi connectivity index (χ4v) is 3.61. The number of rotatable bonds is 4. The molecule has 1 heterocycles. The lowest BCUT2D eigenvalue weighted by molar-refractivity contribution is 0.0701. The molecule has 0 bridgehead atoms. The Balaban J connectivity index is 2.11. The molecule has 2 aromatic rings. The van der Waals surface area contributed by atoms with E-state index in [4.69, 9.17) is 5.11 Å². The Morgan fingerprint density at radius 2 is 2.11 bits per heavy atom. The van der Waals surface area contributed by atoms with Crippen LogP contribution in [0.1, 0.15) is 26.4 Å². The number of hydrogen-bond acceptors (Lipinski definition) is 3. The van der Waals surface area contributed by atoms with Crippen LogP contribution in [0.4, 0.5) is 0 Å². The van der Waals surface area contributed by atoms with Crippen LogP contribution >= 0.6 is 23.1 Å². The second kappa shape index (κ2) is 5.59. The van der Waals surface area contributed by atoms with Crippen LogP contribution in [0.3, 0.4) is 0 Å². The maximum atomic E-state index is 11.0. The van der Waals surface area contributed by atoms with Crippen molar-refractivity contribution in [3.8, 4) is 0 Å². The molecule has 0 atom stereocenters. The van der Waals surface area contributed by atoms with E-state index in [1.54, 1.807) is 11.8 Å². The van der Waals surface area contributed by atoms with Crippen LogP contribution in [-0.4, -0.2) is 11.1 Å². The molecule has 18 heavy (non-hydrogen) atoms. The molecule has 94 valence electrons. The van der Waals surface area contributed by atoms with Gasteiger partial charge in [0.2, 0.25) is 0 Å². The third-order valence-electron chi connectivity index (χ3n) is 2.65. The summed E-state index contributed by atoms with van der Waals surface area (Å²) in [5.41, 5.74) is 3.39. The average molecular weight is 278 g/mol. The third-order valence-corrected chi connectivity index (χ3v) is 4.82. The summed E-state index contributed by atoms with van der Waals surface area (Å²) < 4.78 is 0. The Bertz CT molecular complexity index is 573. The molecule has 2 rings (SSSR count). The van der Waals surface area contributed by atoms with E-state index in [0.29, 0.717) is 10.6 Å². The minimum absolute atomic E-state index is 0.451. The maximum Gasteiger partial charge on any atom is 0.346 e. The molecular weight excluding hydrogens is 264 g/mol. The van der Waals surface area contributed by atoms with E-state index in [0.717, 1.165) is 5.56 Å². The topological polar surface area (TPSA) is 37.3 Å². The molecule has 0 aliphatic heterocycles. The predicted octanol–water partition coefficient (Wildman–Crippen LogP) is 4.36. The lowest BCUT2D eigenvalue weighted by Crippen LogP contribution is -1.96. The van der Waals surface area contributed by atoms with Gasteiger partial charge in [-0.25, -0.2) is 4.79 Å². The van der Waals surface area contributed by atoms with Gasteiger partial charge in [-0.3, -0.25) is 0 Å². The van der Waals surface area contributed by atoms with Crippen molar-refractivity contribution in [3.05, 3.63) is 51.2 Å². The van der Waals surface area contributed by atoms with E-state index in [2.05, 4.69) is 32.0 Å². The smallest absolute Gasteiger partial charge is 0.346 e. The average Bonchev–Trinajstić information content (AvgIpc) is 2.76. The van der Waals surface area contributed by atoms with Crippen molar-refractivity contribution in [2.75, 3.05) is 0 Å². The van der Waals surface area contributed by atoms with Crippen LogP contribution < -0.4 is 0 Å². The Labute approximate surface area is 115 Å². The van der Waals surface area contributed by atoms with Crippen molar-refractivity contribution in [2.45, 2.75) is 24.5 Å². The van der Waals surface area contributed by atoms with Gasteiger partial charge >= 0.3 is 5.97 Å². The fraction of sp³-hybridized carbons (Fsp3) is 0.214. The zero-order valence-electron chi connectivity index (χ0n) is 10.3. The van der Waals surface area contributed by atoms with Crippen LogP contribution in [0.15, 0.2) is 34.5 Å². The van der Waals surface area contributed by atoms with E-state index in [1.807, 2.05) is 11.4 Å². The van der Waals surface area contributed by atoms with E-state index < -0.39 is 5.97 Å². The first kappa shape index (κ1) is 13.2. The number of carboxylic acids is 1. The molecule has 1 N–H and O–H groups in total. The Morgan fingerprint density at radius 3 is 2.78 bits per heavy atom. The summed E-state index contributed by atoms with van der Waals surface area (Å²) in [5, 5.41) is 10.9. The molecule has 0 saturated heterocycles. The van der Waals surface area contributed by atoms with Crippen LogP contribution in [0.5, 0.6) is 0 Å². The number of aromatic carboxylic acids is 1. The summed E-state index contributed by atoms with van der Waals surface area (Å²) in [6.45, 7) is 4.16. The summed E-state index contributed by atoms with van der Waals surface area (Å²) in [4.78, 5) is 12.7. The molecule has 0 aliphatic carbocycles. The van der Waals surface area contributed by atoms with Crippen LogP contribution in [0.2, 0.25) is 0 Å². The minimum atomic E-state index is -0.832. The van der Waals surface area contributed by atoms with Crippen molar-refractivity contribution in [1.82, 2.24) is 0 Å². The summed E-state index contributed by atoms with van der Waals surface area (Å²) in [5.74, 6) is -0.129. The normalized spacial score (nSPS) is 10.6. The lowest BCUT2D eigenvalue weighted by Gasteiger charge is -2.06. The molecule has 0 radical (unpaired) electrons. The van der Waals surface area contributed by atoms with Crippen molar-refractivity contribution < 1.29 is 9.90 Å². The number of thioether (sulfide) groups is 1. The summed E-state index contributed by atoms with van der Waals surface area (Å²) in [6, 6.07) is 8.22. The zero-order chi connectivity index (χ0) is 13.1. The van der Waals surface area contributed by atoms with Gasteiger partial charge in [0.05, 0.1) is 0 Å². The molecule has 2 nitrogen and oxygen atoms in total. The van der Waals surface area contributed by atoms with Gasteiger partial charge in [-0.2, -0.15) is 0 Å².